The molecule has 0 radical (unpaired) electrons. The zero-order chi connectivity index (χ0) is 19.1. The van der Waals surface area contributed by atoms with E-state index in [4.69, 9.17) is 9.47 Å². The molecule has 2 rings (SSSR count). The summed E-state index contributed by atoms with van der Waals surface area (Å²) in [5.74, 6) is -0.458. The molecule has 0 aromatic heterocycles. The van der Waals surface area contributed by atoms with E-state index in [1.807, 2.05) is 0 Å². The molecule has 2 N–H and O–H groups in total. The van der Waals surface area contributed by atoms with Crippen molar-refractivity contribution in [1.29, 1.82) is 0 Å². The van der Waals surface area contributed by atoms with Crippen LogP contribution in [0.3, 0.4) is 0 Å². The number of carbonyl (C=O) groups excluding carboxylic acids is 2. The van der Waals surface area contributed by atoms with Crippen LogP contribution in [0.15, 0.2) is 42.5 Å². The average Bonchev–Trinajstić information content (AvgIpc) is 2.65. The van der Waals surface area contributed by atoms with Crippen molar-refractivity contribution in [3.8, 4) is 11.5 Å². The fourth-order valence-electron chi connectivity index (χ4n) is 2.45. The monoisotopic (exact) mass is 360 g/mol. The predicted molar refractivity (Wildman–Crippen MR) is 94.8 cm³/mol. The molecule has 0 aliphatic rings. The van der Waals surface area contributed by atoms with E-state index in [1.54, 1.807) is 38.3 Å². The summed E-state index contributed by atoms with van der Waals surface area (Å²) in [4.78, 5) is 24.1. The molecule has 0 aliphatic heterocycles. The molecule has 0 heterocycles. The topological polar surface area (TPSA) is 76.7 Å². The molecule has 0 spiro atoms. The van der Waals surface area contributed by atoms with E-state index in [1.165, 1.54) is 25.3 Å². The van der Waals surface area contributed by atoms with Gasteiger partial charge >= 0.3 is 0 Å². The second-order valence-electron chi connectivity index (χ2n) is 5.56. The quantitative estimate of drug-likeness (QED) is 0.795. The van der Waals surface area contributed by atoms with Gasteiger partial charge in [0.15, 0.2) is 0 Å². The van der Waals surface area contributed by atoms with Crippen molar-refractivity contribution in [2.45, 2.75) is 13.0 Å². The highest BCUT2D eigenvalue weighted by Crippen LogP contribution is 2.29. The van der Waals surface area contributed by atoms with Crippen molar-refractivity contribution < 1.29 is 23.5 Å². The molecule has 0 fully saturated rings. The number of nitrogens with one attached hydrogen (secondary N) is 2. The van der Waals surface area contributed by atoms with Crippen LogP contribution in [0, 0.1) is 5.82 Å². The maximum Gasteiger partial charge on any atom is 0.254 e. The number of rotatable bonds is 7. The molecule has 0 unspecified atom stereocenters. The third-order valence-corrected chi connectivity index (χ3v) is 3.81. The summed E-state index contributed by atoms with van der Waals surface area (Å²) in [6, 6.07) is 10.5. The minimum Gasteiger partial charge on any atom is -0.497 e. The van der Waals surface area contributed by atoms with Crippen molar-refractivity contribution in [2.24, 2.45) is 0 Å². The van der Waals surface area contributed by atoms with Crippen LogP contribution in [0.1, 0.15) is 28.9 Å². The van der Waals surface area contributed by atoms with E-state index in [0.29, 0.717) is 11.5 Å². The Morgan fingerprint density at radius 3 is 2.50 bits per heavy atom. The van der Waals surface area contributed by atoms with E-state index in [9.17, 15) is 14.0 Å². The molecule has 2 aromatic rings. The van der Waals surface area contributed by atoms with Crippen molar-refractivity contribution in [1.82, 2.24) is 10.6 Å². The first-order valence-corrected chi connectivity index (χ1v) is 8.00. The van der Waals surface area contributed by atoms with Crippen LogP contribution in [0.5, 0.6) is 11.5 Å². The Labute approximate surface area is 151 Å². The highest BCUT2D eigenvalue weighted by atomic mass is 19.1. The zero-order valence-corrected chi connectivity index (χ0v) is 14.8. The van der Waals surface area contributed by atoms with Crippen molar-refractivity contribution in [2.75, 3.05) is 20.8 Å². The first-order chi connectivity index (χ1) is 12.5. The number of amides is 2. The Kier molecular flexibility index (Phi) is 6.54. The Hall–Kier alpha value is -3.09. The van der Waals surface area contributed by atoms with Crippen LogP contribution >= 0.6 is 0 Å². The number of carbonyl (C=O) groups is 2. The lowest BCUT2D eigenvalue weighted by atomic mass is 10.1. The van der Waals surface area contributed by atoms with E-state index in [2.05, 4.69) is 10.6 Å². The number of hydrogen-bond donors (Lipinski definition) is 2. The van der Waals surface area contributed by atoms with E-state index >= 15 is 0 Å². The Morgan fingerprint density at radius 2 is 1.85 bits per heavy atom. The Bertz CT molecular complexity index is 795. The smallest absolute Gasteiger partial charge is 0.254 e. The van der Waals surface area contributed by atoms with Gasteiger partial charge in [-0.1, -0.05) is 12.1 Å². The van der Waals surface area contributed by atoms with E-state index < -0.39 is 17.6 Å². The first-order valence-electron chi connectivity index (χ1n) is 8.00. The third-order valence-electron chi connectivity index (χ3n) is 3.81. The summed E-state index contributed by atoms with van der Waals surface area (Å²) in [6.07, 6.45) is 0. The molecule has 2 aromatic carbocycles. The second kappa shape index (κ2) is 8.84. The van der Waals surface area contributed by atoms with Crippen LogP contribution in [-0.2, 0) is 4.79 Å². The number of ether oxygens (including phenoxy) is 2. The molecule has 6 nitrogen and oxygen atoms in total. The summed E-state index contributed by atoms with van der Waals surface area (Å²) in [5, 5.41) is 5.16. The van der Waals surface area contributed by atoms with E-state index in [-0.39, 0.29) is 18.2 Å². The lowest BCUT2D eigenvalue weighted by Crippen LogP contribution is -2.38. The van der Waals surface area contributed by atoms with Gasteiger partial charge in [0.2, 0.25) is 5.91 Å². The first kappa shape index (κ1) is 19.2. The predicted octanol–water partition coefficient (Wildman–Crippen LogP) is 2.45. The summed E-state index contributed by atoms with van der Waals surface area (Å²) in [6.45, 7) is 1.51. The molecule has 0 saturated heterocycles. The number of halogens is 1. The zero-order valence-electron chi connectivity index (χ0n) is 14.8. The molecule has 0 aliphatic carbocycles. The van der Waals surface area contributed by atoms with Crippen molar-refractivity contribution >= 4 is 11.8 Å². The fraction of sp³-hybridized carbons (Fsp3) is 0.263. The largest absolute Gasteiger partial charge is 0.497 e. The second-order valence-corrected chi connectivity index (χ2v) is 5.56. The van der Waals surface area contributed by atoms with Crippen molar-refractivity contribution in [3.63, 3.8) is 0 Å². The SMILES string of the molecule is COc1ccc(OC)c([C@H](C)NC(=O)CNC(=O)c2ccccc2F)c1. The van der Waals surface area contributed by atoms with Gasteiger partial charge in [-0.05, 0) is 37.3 Å². The molecule has 7 heteroatoms. The highest BCUT2D eigenvalue weighted by Gasteiger charge is 2.17. The van der Waals surface area contributed by atoms with Crippen LogP contribution in [0.4, 0.5) is 4.39 Å². The van der Waals surface area contributed by atoms with Gasteiger partial charge in [0, 0.05) is 5.56 Å². The minimum absolute atomic E-state index is 0.109. The maximum absolute atomic E-state index is 13.6. The van der Waals surface area contributed by atoms with Gasteiger partial charge in [-0.15, -0.1) is 0 Å². The lowest BCUT2D eigenvalue weighted by Gasteiger charge is -2.18. The molecule has 138 valence electrons. The molecule has 26 heavy (non-hydrogen) atoms. The number of hydrogen-bond acceptors (Lipinski definition) is 4. The van der Waals surface area contributed by atoms with Crippen LogP contribution in [0.2, 0.25) is 0 Å². The van der Waals surface area contributed by atoms with Gasteiger partial charge in [0.05, 0.1) is 32.4 Å². The van der Waals surface area contributed by atoms with E-state index in [0.717, 1.165) is 5.56 Å². The molecular weight excluding hydrogens is 339 g/mol. The van der Waals surface area contributed by atoms with Crippen molar-refractivity contribution in [3.05, 3.63) is 59.4 Å². The van der Waals surface area contributed by atoms with Gasteiger partial charge in [-0.25, -0.2) is 4.39 Å². The Balaban J connectivity index is 1.97. The fourth-order valence-corrected chi connectivity index (χ4v) is 2.45. The molecular formula is C19H21FN2O4. The van der Waals surface area contributed by atoms with Crippen LogP contribution in [-0.4, -0.2) is 32.6 Å². The van der Waals surface area contributed by atoms with Gasteiger partial charge in [0.25, 0.3) is 5.91 Å². The minimum atomic E-state index is -0.648. The summed E-state index contributed by atoms with van der Waals surface area (Å²) >= 11 is 0. The molecule has 0 bridgehead atoms. The molecule has 0 saturated carbocycles. The number of methoxy groups -OCH3 is 2. The summed E-state index contributed by atoms with van der Waals surface area (Å²) in [7, 11) is 3.08. The molecule has 2 amide bonds. The van der Waals surface area contributed by atoms with Gasteiger partial charge in [-0.2, -0.15) is 0 Å². The highest BCUT2D eigenvalue weighted by molar-refractivity contribution is 5.96. The third kappa shape index (κ3) is 4.72. The Morgan fingerprint density at radius 1 is 1.12 bits per heavy atom. The van der Waals surface area contributed by atoms with Gasteiger partial charge < -0.3 is 20.1 Å². The average molecular weight is 360 g/mol. The van der Waals surface area contributed by atoms with Crippen LogP contribution < -0.4 is 20.1 Å². The van der Waals surface area contributed by atoms with Crippen LogP contribution in [0.25, 0.3) is 0 Å². The summed E-state index contributed by atoms with van der Waals surface area (Å²) < 4.78 is 24.0. The lowest BCUT2D eigenvalue weighted by molar-refractivity contribution is -0.120. The molecule has 1 atom stereocenters. The normalized spacial score (nSPS) is 11.4. The summed E-state index contributed by atoms with van der Waals surface area (Å²) in [5.41, 5.74) is 0.628. The maximum atomic E-state index is 13.6. The number of benzene rings is 2. The van der Waals surface area contributed by atoms with Gasteiger partial charge in [-0.3, -0.25) is 9.59 Å². The standard InChI is InChI=1S/C19H21FN2O4/c1-12(15-10-13(25-2)8-9-17(15)26-3)22-18(23)11-21-19(24)14-6-4-5-7-16(14)20/h4-10,12H,11H2,1-3H3,(H,21,24)(H,22,23)/t12-/m0/s1. The van der Waals surface area contributed by atoms with Gasteiger partial charge in [0.1, 0.15) is 17.3 Å².